The Morgan fingerprint density at radius 2 is 2.05 bits per heavy atom. The van der Waals surface area contributed by atoms with Crippen LogP contribution in [0.5, 0.6) is 0 Å². The van der Waals surface area contributed by atoms with E-state index in [1.807, 2.05) is 0 Å². The molecule has 0 saturated carbocycles. The smallest absolute Gasteiger partial charge is 0.358 e. The molecule has 4 rings (SSSR count). The molecule has 4 heterocycles. The minimum Gasteiger partial charge on any atom is -0.427 e. The van der Waals surface area contributed by atoms with Gasteiger partial charge in [0.25, 0.3) is 11.8 Å². The quantitative estimate of drug-likeness (QED) is 0.0977. The number of nitrogens with two attached hydrogens (primary N) is 1. The lowest BCUT2D eigenvalue weighted by atomic mass is 9.98. The molecule has 0 bridgehead atoms. The monoisotopic (exact) mass is 607 g/mol. The standard InChI is InChI=1S/C23H25N7O7S3/c1-10-13(40-29-27-10)6-5-11-7-38-19-15(26-17(31)14(28-35)12-8-39-22(24)25-12)18(32)30(19)16(11)20(33)36-9-37-21(34)23(2,3)4/h5-6,8,15,19,35H,7,9H2,1-4H3,(H2,24,25)(H,26,31)/b6-5-,28-14-. The topological polar surface area (TPSA) is 199 Å². The lowest BCUT2D eigenvalue weighted by Crippen LogP contribution is -2.71. The molecule has 1 saturated heterocycles. The van der Waals surface area contributed by atoms with Gasteiger partial charge in [-0.05, 0) is 50.9 Å². The van der Waals surface area contributed by atoms with E-state index in [1.165, 1.54) is 33.6 Å². The van der Waals surface area contributed by atoms with E-state index in [9.17, 15) is 24.4 Å². The SMILES string of the molecule is Cc1nnsc1/C=C\C1=C(C(=O)OCOC(=O)C(C)(C)C)N2C(=O)C(NC(=O)/C(=N\O)c3csc(N)n3)C2SC1. The fourth-order valence-corrected chi connectivity index (χ4v) is 5.99. The number of carbonyl (C=O) groups is 4. The lowest BCUT2D eigenvalue weighted by Gasteiger charge is -2.49. The summed E-state index contributed by atoms with van der Waals surface area (Å²) in [6, 6.07) is -1.02. The van der Waals surface area contributed by atoms with Gasteiger partial charge < -0.3 is 25.7 Å². The Bertz CT molecular complexity index is 1440. The zero-order valence-corrected chi connectivity index (χ0v) is 24.2. The second-order valence-electron chi connectivity index (χ2n) is 9.54. The first-order valence-corrected chi connectivity index (χ1v) is 14.4. The van der Waals surface area contributed by atoms with Crippen molar-refractivity contribution in [1.82, 2.24) is 24.8 Å². The average Bonchev–Trinajstić information content (AvgIpc) is 3.52. The van der Waals surface area contributed by atoms with E-state index in [-0.39, 0.29) is 16.5 Å². The van der Waals surface area contributed by atoms with E-state index < -0.39 is 53.1 Å². The van der Waals surface area contributed by atoms with Crippen molar-refractivity contribution in [1.29, 1.82) is 0 Å². The number of oxime groups is 1. The molecule has 0 aromatic carbocycles. The molecule has 2 aromatic heterocycles. The number of fused-ring (bicyclic) bond motifs is 1. The van der Waals surface area contributed by atoms with Gasteiger partial charge in [-0.1, -0.05) is 15.7 Å². The Morgan fingerprint density at radius 3 is 2.65 bits per heavy atom. The molecule has 2 amide bonds. The van der Waals surface area contributed by atoms with E-state index in [0.717, 1.165) is 16.2 Å². The summed E-state index contributed by atoms with van der Waals surface area (Å²) in [6.07, 6.45) is 3.40. The molecule has 212 valence electrons. The van der Waals surface area contributed by atoms with Crippen molar-refractivity contribution in [3.63, 3.8) is 0 Å². The number of hydrogen-bond acceptors (Lipinski definition) is 15. The van der Waals surface area contributed by atoms with Crippen LogP contribution in [0, 0.1) is 12.3 Å². The highest BCUT2D eigenvalue weighted by Gasteiger charge is 2.54. The second kappa shape index (κ2) is 11.7. The second-order valence-corrected chi connectivity index (χ2v) is 12.3. The lowest BCUT2D eigenvalue weighted by molar-refractivity contribution is -0.173. The van der Waals surface area contributed by atoms with Gasteiger partial charge in [0.15, 0.2) is 10.8 Å². The molecule has 0 radical (unpaired) electrons. The summed E-state index contributed by atoms with van der Waals surface area (Å²) in [5.41, 5.74) is 5.58. The fourth-order valence-electron chi connectivity index (χ4n) is 3.57. The first kappa shape index (κ1) is 29.2. The third kappa shape index (κ3) is 6.00. The summed E-state index contributed by atoms with van der Waals surface area (Å²) < 4.78 is 14.1. The van der Waals surface area contributed by atoms with Crippen LogP contribution < -0.4 is 11.1 Å². The van der Waals surface area contributed by atoms with Gasteiger partial charge in [-0.3, -0.25) is 19.3 Å². The van der Waals surface area contributed by atoms with Crippen LogP contribution in [0.1, 0.15) is 37.0 Å². The number of aryl methyl sites for hydroxylation is 1. The van der Waals surface area contributed by atoms with Crippen molar-refractivity contribution >= 4 is 75.3 Å². The van der Waals surface area contributed by atoms with Gasteiger partial charge in [-0.2, -0.15) is 0 Å². The Kier molecular flexibility index (Phi) is 8.55. The van der Waals surface area contributed by atoms with Gasteiger partial charge in [-0.15, -0.1) is 28.2 Å². The van der Waals surface area contributed by atoms with Crippen LogP contribution in [0.3, 0.4) is 0 Å². The number of nitrogens with one attached hydrogen (secondary N) is 1. The number of rotatable bonds is 8. The van der Waals surface area contributed by atoms with Crippen molar-refractivity contribution in [3.8, 4) is 0 Å². The molecule has 1 fully saturated rings. The Hall–Kier alpha value is -3.83. The van der Waals surface area contributed by atoms with E-state index in [0.29, 0.717) is 17.0 Å². The summed E-state index contributed by atoms with van der Waals surface area (Å²) in [5.74, 6) is -2.57. The predicted molar refractivity (Wildman–Crippen MR) is 147 cm³/mol. The van der Waals surface area contributed by atoms with Gasteiger partial charge in [0.05, 0.1) is 16.0 Å². The van der Waals surface area contributed by atoms with Gasteiger partial charge >= 0.3 is 11.9 Å². The van der Waals surface area contributed by atoms with Crippen molar-refractivity contribution < 1.29 is 33.9 Å². The molecule has 2 aliphatic heterocycles. The van der Waals surface area contributed by atoms with Gasteiger partial charge in [-0.25, -0.2) is 9.78 Å². The molecule has 40 heavy (non-hydrogen) atoms. The Morgan fingerprint density at radius 1 is 1.30 bits per heavy atom. The van der Waals surface area contributed by atoms with Crippen LogP contribution in [-0.2, 0) is 28.7 Å². The predicted octanol–water partition coefficient (Wildman–Crippen LogP) is 1.52. The third-order valence-corrected chi connectivity index (χ3v) is 8.44. The number of carbonyl (C=O) groups excluding carboxylic acids is 4. The molecule has 2 atom stereocenters. The number of aromatic nitrogens is 3. The number of nitrogen functional groups attached to an aromatic ring is 1. The fraction of sp³-hybridized carbons (Fsp3) is 0.391. The maximum absolute atomic E-state index is 13.2. The van der Waals surface area contributed by atoms with Crippen LogP contribution in [-0.4, -0.2) is 78.1 Å². The number of esters is 2. The highest BCUT2D eigenvalue weighted by molar-refractivity contribution is 8.00. The van der Waals surface area contributed by atoms with Crippen molar-refractivity contribution in [2.45, 2.75) is 39.1 Å². The molecular formula is C23H25N7O7S3. The van der Waals surface area contributed by atoms with Gasteiger partial charge in [0, 0.05) is 11.1 Å². The number of ether oxygens (including phenoxy) is 2. The first-order chi connectivity index (χ1) is 18.9. The normalized spacial score (nSPS) is 19.4. The first-order valence-electron chi connectivity index (χ1n) is 11.7. The van der Waals surface area contributed by atoms with Crippen molar-refractivity contribution in [2.75, 3.05) is 18.3 Å². The number of amides is 2. The molecule has 2 aromatic rings. The van der Waals surface area contributed by atoms with E-state index in [1.54, 1.807) is 39.8 Å². The zero-order chi connectivity index (χ0) is 29.2. The highest BCUT2D eigenvalue weighted by atomic mass is 32.2. The number of β-lactam (4-membered cyclic amide) rings is 1. The van der Waals surface area contributed by atoms with Crippen LogP contribution >= 0.6 is 34.6 Å². The largest absolute Gasteiger partial charge is 0.427 e. The molecule has 4 N–H and O–H groups in total. The minimum absolute atomic E-state index is 0.0410. The van der Waals surface area contributed by atoms with Gasteiger partial charge in [0.2, 0.25) is 6.79 Å². The van der Waals surface area contributed by atoms with Gasteiger partial charge in [0.1, 0.15) is 22.8 Å². The molecule has 2 unspecified atom stereocenters. The number of allylic oxidation sites excluding steroid dienone is 1. The third-order valence-electron chi connectivity index (χ3n) is 5.67. The minimum atomic E-state index is -1.02. The number of thiazole rings is 1. The molecule has 14 nitrogen and oxygen atoms in total. The van der Waals surface area contributed by atoms with E-state index in [2.05, 4.69) is 25.0 Å². The molecule has 0 aliphatic carbocycles. The molecule has 2 aliphatic rings. The number of hydrogen-bond donors (Lipinski definition) is 3. The van der Waals surface area contributed by atoms with Crippen LogP contribution in [0.25, 0.3) is 6.08 Å². The molecular weight excluding hydrogens is 582 g/mol. The summed E-state index contributed by atoms with van der Waals surface area (Å²) >= 11 is 3.54. The Balaban J connectivity index is 1.54. The number of anilines is 1. The number of nitrogens with zero attached hydrogens (tertiary/aromatic N) is 5. The van der Waals surface area contributed by atoms with Crippen LogP contribution in [0.2, 0.25) is 0 Å². The van der Waals surface area contributed by atoms with E-state index >= 15 is 0 Å². The number of thioether (sulfide) groups is 1. The maximum atomic E-state index is 13.2. The highest BCUT2D eigenvalue weighted by Crippen LogP contribution is 2.41. The van der Waals surface area contributed by atoms with Crippen LogP contribution in [0.15, 0.2) is 27.9 Å². The van der Waals surface area contributed by atoms with Crippen molar-refractivity contribution in [2.24, 2.45) is 10.6 Å². The molecule has 17 heteroatoms. The summed E-state index contributed by atoms with van der Waals surface area (Å²) in [4.78, 5) is 57.2. The molecule has 0 spiro atoms. The van der Waals surface area contributed by atoms with Crippen molar-refractivity contribution in [3.05, 3.63) is 39.0 Å². The summed E-state index contributed by atoms with van der Waals surface area (Å²) in [6.45, 7) is 6.13. The maximum Gasteiger partial charge on any atom is 0.358 e. The summed E-state index contributed by atoms with van der Waals surface area (Å²) in [5, 5.41) is 19.8. The average molecular weight is 608 g/mol. The summed E-state index contributed by atoms with van der Waals surface area (Å²) in [7, 11) is 0. The van der Waals surface area contributed by atoms with Crippen LogP contribution in [0.4, 0.5) is 5.13 Å². The zero-order valence-electron chi connectivity index (χ0n) is 21.7. The van der Waals surface area contributed by atoms with E-state index in [4.69, 9.17) is 15.2 Å². The Labute approximate surface area is 240 Å².